The van der Waals surface area contributed by atoms with Crippen LogP contribution in [0.1, 0.15) is 213 Å². The summed E-state index contributed by atoms with van der Waals surface area (Å²) in [6, 6.07) is 0. The van der Waals surface area contributed by atoms with Gasteiger partial charge in [0.05, 0.1) is 32.8 Å². The standard InChI is InChI=1S/C47H84N2O9/c1-4-7-10-13-14-15-16-17-20-23-29-43(58-47(53)55-37-27-35-49-36-34-48-41-49)33-38-54-44(50)30-26-21-22-28-42(39-56-45(51)31-24-18-11-8-5-2)40-57-46(52)32-25-19-12-9-6-3/h34,36,41-43H,4-33,35,37-40H2,1-3H3. The predicted octanol–water partition coefficient (Wildman–Crippen LogP) is 12.4. The summed E-state index contributed by atoms with van der Waals surface area (Å²) in [5, 5.41) is 0. The van der Waals surface area contributed by atoms with E-state index in [-0.39, 0.29) is 56.4 Å². The Hall–Kier alpha value is -3.11. The molecule has 0 radical (unpaired) electrons. The van der Waals surface area contributed by atoms with E-state index in [0.29, 0.717) is 51.5 Å². The molecule has 58 heavy (non-hydrogen) atoms. The van der Waals surface area contributed by atoms with Gasteiger partial charge < -0.3 is 28.3 Å². The maximum atomic E-state index is 12.6. The summed E-state index contributed by atoms with van der Waals surface area (Å²) in [4.78, 5) is 54.0. The van der Waals surface area contributed by atoms with E-state index < -0.39 is 6.16 Å². The van der Waals surface area contributed by atoms with Gasteiger partial charge in [0, 0.05) is 50.5 Å². The molecule has 0 amide bonds. The molecule has 11 nitrogen and oxygen atoms in total. The second-order valence-electron chi connectivity index (χ2n) is 16.1. The van der Waals surface area contributed by atoms with Crippen LogP contribution in [-0.4, -0.2) is 66.1 Å². The summed E-state index contributed by atoms with van der Waals surface area (Å²) in [5.41, 5.74) is 0. The van der Waals surface area contributed by atoms with Crippen molar-refractivity contribution >= 4 is 24.1 Å². The fourth-order valence-corrected chi connectivity index (χ4v) is 6.90. The summed E-state index contributed by atoms with van der Waals surface area (Å²) >= 11 is 0. The van der Waals surface area contributed by atoms with Gasteiger partial charge in [-0.2, -0.15) is 0 Å². The number of nitrogens with zero attached hydrogens (tertiary/aromatic N) is 2. The number of aryl methyl sites for hydroxylation is 1. The highest BCUT2D eigenvalue weighted by molar-refractivity contribution is 5.70. The Labute approximate surface area is 352 Å². The summed E-state index contributed by atoms with van der Waals surface area (Å²) in [6.45, 7) is 8.20. The van der Waals surface area contributed by atoms with Gasteiger partial charge in [-0.1, -0.05) is 143 Å². The minimum atomic E-state index is -0.679. The second kappa shape index (κ2) is 39.4. The number of unbranched alkanes of at least 4 members (excludes halogenated alkanes) is 19. The minimum absolute atomic E-state index is 0.0732. The lowest BCUT2D eigenvalue weighted by Crippen LogP contribution is -2.22. The van der Waals surface area contributed by atoms with Crippen LogP contribution in [-0.2, 0) is 44.6 Å². The highest BCUT2D eigenvalue weighted by Gasteiger charge is 2.18. The van der Waals surface area contributed by atoms with Crippen LogP contribution in [0.5, 0.6) is 0 Å². The van der Waals surface area contributed by atoms with Crippen LogP contribution < -0.4 is 0 Å². The first-order chi connectivity index (χ1) is 28.4. The van der Waals surface area contributed by atoms with Crippen molar-refractivity contribution in [2.24, 2.45) is 5.92 Å². The fraction of sp³-hybridized carbons (Fsp3) is 0.851. The number of esters is 3. The first kappa shape index (κ1) is 52.9. The van der Waals surface area contributed by atoms with Gasteiger partial charge in [-0.25, -0.2) is 9.78 Å². The molecule has 0 saturated heterocycles. The highest BCUT2D eigenvalue weighted by Crippen LogP contribution is 2.18. The molecule has 1 aromatic rings. The number of aromatic nitrogens is 2. The molecule has 336 valence electrons. The Morgan fingerprint density at radius 1 is 0.500 bits per heavy atom. The zero-order chi connectivity index (χ0) is 42.2. The number of hydrogen-bond acceptors (Lipinski definition) is 10. The lowest BCUT2D eigenvalue weighted by molar-refractivity contribution is -0.149. The Bertz CT molecular complexity index is 1080. The second-order valence-corrected chi connectivity index (χ2v) is 16.1. The first-order valence-corrected chi connectivity index (χ1v) is 23.6. The van der Waals surface area contributed by atoms with Gasteiger partial charge >= 0.3 is 24.1 Å². The van der Waals surface area contributed by atoms with Crippen LogP contribution in [0, 0.1) is 5.92 Å². The topological polar surface area (TPSA) is 132 Å². The number of imidazole rings is 1. The average Bonchev–Trinajstić information content (AvgIpc) is 3.74. The lowest BCUT2D eigenvalue weighted by atomic mass is 10.0. The van der Waals surface area contributed by atoms with E-state index >= 15 is 0 Å². The molecule has 0 bridgehead atoms. The molecule has 0 aliphatic carbocycles. The molecule has 1 heterocycles. The van der Waals surface area contributed by atoms with Crippen LogP contribution in [0.3, 0.4) is 0 Å². The number of rotatable bonds is 41. The minimum Gasteiger partial charge on any atom is -0.466 e. The Morgan fingerprint density at radius 3 is 1.48 bits per heavy atom. The van der Waals surface area contributed by atoms with E-state index in [2.05, 4.69) is 25.8 Å². The average molecular weight is 821 g/mol. The van der Waals surface area contributed by atoms with Crippen molar-refractivity contribution in [3.63, 3.8) is 0 Å². The number of carbonyl (C=O) groups is 4. The van der Waals surface area contributed by atoms with E-state index in [1.165, 1.54) is 64.2 Å². The third kappa shape index (κ3) is 33.8. The van der Waals surface area contributed by atoms with E-state index in [1.54, 1.807) is 12.5 Å². The molecule has 0 aliphatic heterocycles. The van der Waals surface area contributed by atoms with Crippen molar-refractivity contribution in [3.8, 4) is 0 Å². The monoisotopic (exact) mass is 821 g/mol. The van der Waals surface area contributed by atoms with Crippen LogP contribution >= 0.6 is 0 Å². The molecule has 0 saturated carbocycles. The van der Waals surface area contributed by atoms with Crippen molar-refractivity contribution in [1.82, 2.24) is 9.55 Å². The first-order valence-electron chi connectivity index (χ1n) is 23.6. The molecule has 0 aromatic carbocycles. The van der Waals surface area contributed by atoms with Crippen LogP contribution in [0.15, 0.2) is 18.7 Å². The van der Waals surface area contributed by atoms with Gasteiger partial charge in [0.15, 0.2) is 0 Å². The smallest absolute Gasteiger partial charge is 0.466 e. The summed E-state index contributed by atoms with van der Waals surface area (Å²) < 4.78 is 29.7. The third-order valence-electron chi connectivity index (χ3n) is 10.6. The summed E-state index contributed by atoms with van der Waals surface area (Å²) in [7, 11) is 0. The van der Waals surface area contributed by atoms with Crippen molar-refractivity contribution in [2.75, 3.05) is 26.4 Å². The predicted molar refractivity (Wildman–Crippen MR) is 230 cm³/mol. The van der Waals surface area contributed by atoms with Crippen LogP contribution in [0.2, 0.25) is 0 Å². The molecule has 11 heteroatoms. The van der Waals surface area contributed by atoms with E-state index in [9.17, 15) is 19.2 Å². The Morgan fingerprint density at radius 2 is 0.966 bits per heavy atom. The van der Waals surface area contributed by atoms with Crippen molar-refractivity contribution < 1.29 is 42.9 Å². The van der Waals surface area contributed by atoms with Crippen LogP contribution in [0.4, 0.5) is 4.79 Å². The Balaban J connectivity index is 2.44. The van der Waals surface area contributed by atoms with Gasteiger partial charge in [0.25, 0.3) is 0 Å². The van der Waals surface area contributed by atoms with Crippen molar-refractivity contribution in [3.05, 3.63) is 18.7 Å². The number of ether oxygens (including phenoxy) is 5. The number of carbonyl (C=O) groups excluding carboxylic acids is 4. The molecule has 1 atom stereocenters. The van der Waals surface area contributed by atoms with Crippen molar-refractivity contribution in [1.29, 1.82) is 0 Å². The van der Waals surface area contributed by atoms with Gasteiger partial charge in [-0.3, -0.25) is 14.4 Å². The number of hydrogen-bond donors (Lipinski definition) is 0. The quantitative estimate of drug-likeness (QED) is 0.0357. The summed E-state index contributed by atoms with van der Waals surface area (Å²) in [6.07, 6.45) is 33.2. The summed E-state index contributed by atoms with van der Waals surface area (Å²) in [5.74, 6) is -0.727. The molecule has 1 unspecified atom stereocenters. The maximum absolute atomic E-state index is 12.6. The third-order valence-corrected chi connectivity index (χ3v) is 10.6. The molecule has 0 spiro atoms. The van der Waals surface area contributed by atoms with Gasteiger partial charge in [0.2, 0.25) is 0 Å². The lowest BCUT2D eigenvalue weighted by Gasteiger charge is -2.18. The van der Waals surface area contributed by atoms with Crippen molar-refractivity contribution in [2.45, 2.75) is 226 Å². The molecule has 0 fully saturated rings. The molecule has 1 rings (SSSR count). The largest absolute Gasteiger partial charge is 0.508 e. The zero-order valence-electron chi connectivity index (χ0n) is 37.2. The molecular weight excluding hydrogens is 737 g/mol. The molecule has 0 N–H and O–H groups in total. The maximum Gasteiger partial charge on any atom is 0.508 e. The molecular formula is C47H84N2O9. The molecule has 1 aromatic heterocycles. The van der Waals surface area contributed by atoms with Crippen LogP contribution in [0.25, 0.3) is 0 Å². The normalized spacial score (nSPS) is 11.7. The fourth-order valence-electron chi connectivity index (χ4n) is 6.90. The van der Waals surface area contributed by atoms with Gasteiger partial charge in [-0.05, 0) is 44.9 Å². The van der Waals surface area contributed by atoms with E-state index in [0.717, 1.165) is 83.5 Å². The zero-order valence-corrected chi connectivity index (χ0v) is 37.2. The van der Waals surface area contributed by atoms with E-state index in [4.69, 9.17) is 23.7 Å². The van der Waals surface area contributed by atoms with E-state index in [1.807, 2.05) is 10.8 Å². The van der Waals surface area contributed by atoms with Gasteiger partial charge in [-0.15, -0.1) is 0 Å². The van der Waals surface area contributed by atoms with Gasteiger partial charge in [0.1, 0.15) is 6.10 Å². The highest BCUT2D eigenvalue weighted by atomic mass is 16.7. The SMILES string of the molecule is CCCCCCCCCCCCC(CCOC(=O)CCCCCC(COC(=O)CCCCCCC)COC(=O)CCCCCCC)OC(=O)OCCCn1ccnc1. The Kier molecular flexibility index (Phi) is 35.9. The molecule has 0 aliphatic rings.